The van der Waals surface area contributed by atoms with Crippen molar-refractivity contribution in [3.8, 4) is 0 Å². The highest BCUT2D eigenvalue weighted by atomic mass is 16.5. The molecule has 1 atom stereocenters. The molecular formula is C15H22N6O2. The van der Waals surface area contributed by atoms with Crippen LogP contribution in [-0.4, -0.2) is 52.3 Å². The molecule has 0 spiro atoms. The Morgan fingerprint density at radius 3 is 3.26 bits per heavy atom. The number of piperidine rings is 1. The van der Waals surface area contributed by atoms with Crippen LogP contribution in [0, 0.1) is 0 Å². The molecule has 0 saturated carbocycles. The van der Waals surface area contributed by atoms with Gasteiger partial charge >= 0.3 is 0 Å². The summed E-state index contributed by atoms with van der Waals surface area (Å²) < 4.78 is 8.61. The number of aromatic nitrogens is 4. The van der Waals surface area contributed by atoms with Crippen LogP contribution >= 0.6 is 0 Å². The highest BCUT2D eigenvalue weighted by Crippen LogP contribution is 2.16. The maximum absolute atomic E-state index is 12.3. The number of carbonyl (C=O) groups is 1. The van der Waals surface area contributed by atoms with Gasteiger partial charge < -0.3 is 15.4 Å². The molecule has 1 amide bonds. The van der Waals surface area contributed by atoms with Gasteiger partial charge in [-0.15, -0.1) is 0 Å². The topological polar surface area (TPSA) is 86.0 Å². The van der Waals surface area contributed by atoms with Crippen molar-refractivity contribution in [1.82, 2.24) is 24.9 Å². The second kappa shape index (κ2) is 7.38. The second-order valence-corrected chi connectivity index (χ2v) is 5.62. The van der Waals surface area contributed by atoms with Crippen LogP contribution in [-0.2, 0) is 11.3 Å². The fourth-order valence-electron chi connectivity index (χ4n) is 2.65. The molecule has 2 aromatic rings. The molecule has 1 saturated heterocycles. The van der Waals surface area contributed by atoms with Crippen molar-refractivity contribution in [1.29, 1.82) is 0 Å². The summed E-state index contributed by atoms with van der Waals surface area (Å²) in [4.78, 5) is 12.3. The predicted octanol–water partition coefficient (Wildman–Crippen LogP) is 0.903. The molecule has 2 aromatic heterocycles. The van der Waals surface area contributed by atoms with Gasteiger partial charge in [-0.25, -0.2) is 0 Å². The molecule has 1 aliphatic heterocycles. The molecule has 1 aliphatic rings. The van der Waals surface area contributed by atoms with E-state index >= 15 is 0 Å². The fourth-order valence-corrected chi connectivity index (χ4v) is 2.65. The van der Waals surface area contributed by atoms with Gasteiger partial charge in [-0.05, 0) is 25.5 Å². The Bertz CT molecular complexity index is 644. The lowest BCUT2D eigenvalue weighted by Gasteiger charge is -2.22. The number of hydrogen-bond acceptors (Lipinski definition) is 5. The van der Waals surface area contributed by atoms with E-state index in [1.54, 1.807) is 30.3 Å². The van der Waals surface area contributed by atoms with E-state index in [0.29, 0.717) is 30.6 Å². The number of amides is 1. The minimum absolute atomic E-state index is 0.223. The maximum atomic E-state index is 12.3. The molecule has 23 heavy (non-hydrogen) atoms. The van der Waals surface area contributed by atoms with Gasteiger partial charge in [0.1, 0.15) is 0 Å². The van der Waals surface area contributed by atoms with Gasteiger partial charge in [0.05, 0.1) is 31.1 Å². The average Bonchev–Trinajstić information content (AvgIpc) is 3.23. The number of nitrogens with zero attached hydrogens (tertiary/aromatic N) is 4. The molecule has 2 N–H and O–H groups in total. The van der Waals surface area contributed by atoms with E-state index in [1.807, 2.05) is 10.9 Å². The second-order valence-electron chi connectivity index (χ2n) is 5.62. The molecular weight excluding hydrogens is 296 g/mol. The van der Waals surface area contributed by atoms with Crippen molar-refractivity contribution in [3.05, 3.63) is 30.4 Å². The standard InChI is InChI=1S/C15H22N6O2/c1-23-8-7-20-11-12(9-17-20)18-15(22)14-4-6-21(19-14)13-3-2-5-16-10-13/h4,6,9,11,13,16H,2-3,5,7-8,10H2,1H3,(H,18,22). The maximum Gasteiger partial charge on any atom is 0.276 e. The van der Waals surface area contributed by atoms with E-state index in [4.69, 9.17) is 4.74 Å². The number of carbonyl (C=O) groups excluding carboxylic acids is 1. The van der Waals surface area contributed by atoms with E-state index in [2.05, 4.69) is 20.8 Å². The number of hydrogen-bond donors (Lipinski definition) is 2. The van der Waals surface area contributed by atoms with Crippen molar-refractivity contribution in [3.63, 3.8) is 0 Å². The van der Waals surface area contributed by atoms with Gasteiger partial charge in [-0.3, -0.25) is 14.2 Å². The van der Waals surface area contributed by atoms with Gasteiger partial charge in [0.2, 0.25) is 0 Å². The highest BCUT2D eigenvalue weighted by Gasteiger charge is 2.18. The first-order chi connectivity index (χ1) is 11.3. The van der Waals surface area contributed by atoms with Crippen molar-refractivity contribution in [2.75, 3.05) is 32.1 Å². The normalized spacial score (nSPS) is 18.0. The van der Waals surface area contributed by atoms with E-state index < -0.39 is 0 Å². The van der Waals surface area contributed by atoms with Crippen LogP contribution in [0.15, 0.2) is 24.7 Å². The third-order valence-electron chi connectivity index (χ3n) is 3.90. The minimum atomic E-state index is -0.223. The summed E-state index contributed by atoms with van der Waals surface area (Å²) in [6, 6.07) is 2.07. The van der Waals surface area contributed by atoms with Crippen molar-refractivity contribution >= 4 is 11.6 Å². The third-order valence-corrected chi connectivity index (χ3v) is 3.90. The summed E-state index contributed by atoms with van der Waals surface area (Å²) in [6.07, 6.45) is 7.48. The summed E-state index contributed by atoms with van der Waals surface area (Å²) in [6.45, 7) is 3.18. The van der Waals surface area contributed by atoms with Crippen molar-refractivity contribution in [2.45, 2.75) is 25.4 Å². The van der Waals surface area contributed by atoms with Crippen LogP contribution < -0.4 is 10.6 Å². The van der Waals surface area contributed by atoms with Gasteiger partial charge in [0, 0.05) is 26.0 Å². The lowest BCUT2D eigenvalue weighted by Crippen LogP contribution is -2.32. The largest absolute Gasteiger partial charge is 0.383 e. The number of nitrogens with one attached hydrogen (secondary N) is 2. The van der Waals surface area contributed by atoms with Gasteiger partial charge in [0.15, 0.2) is 5.69 Å². The van der Waals surface area contributed by atoms with E-state index in [0.717, 1.165) is 25.9 Å². The Morgan fingerprint density at radius 1 is 1.57 bits per heavy atom. The monoisotopic (exact) mass is 318 g/mol. The van der Waals surface area contributed by atoms with E-state index in [-0.39, 0.29) is 5.91 Å². The molecule has 0 radical (unpaired) electrons. The zero-order valence-electron chi connectivity index (χ0n) is 13.2. The van der Waals surface area contributed by atoms with Gasteiger partial charge in [-0.1, -0.05) is 0 Å². The Labute approximate surface area is 134 Å². The van der Waals surface area contributed by atoms with Crippen LogP contribution in [0.4, 0.5) is 5.69 Å². The molecule has 3 rings (SSSR count). The summed E-state index contributed by atoms with van der Waals surface area (Å²) >= 11 is 0. The Balaban J connectivity index is 1.59. The first-order valence-corrected chi connectivity index (χ1v) is 7.85. The number of anilines is 1. The molecule has 1 unspecified atom stereocenters. The lowest BCUT2D eigenvalue weighted by molar-refractivity contribution is 0.102. The van der Waals surface area contributed by atoms with Crippen LogP contribution in [0.3, 0.4) is 0 Å². The third kappa shape index (κ3) is 3.96. The lowest BCUT2D eigenvalue weighted by atomic mass is 10.1. The quantitative estimate of drug-likeness (QED) is 0.826. The molecule has 8 nitrogen and oxygen atoms in total. The number of methoxy groups -OCH3 is 1. The first-order valence-electron chi connectivity index (χ1n) is 7.85. The highest BCUT2D eigenvalue weighted by molar-refractivity contribution is 6.02. The zero-order chi connectivity index (χ0) is 16.1. The SMILES string of the molecule is COCCn1cc(NC(=O)c2ccn(C3CCCNC3)n2)cn1. The van der Waals surface area contributed by atoms with Crippen molar-refractivity contribution in [2.24, 2.45) is 0 Å². The Kier molecular flexibility index (Phi) is 5.04. The summed E-state index contributed by atoms with van der Waals surface area (Å²) in [5, 5.41) is 14.7. The van der Waals surface area contributed by atoms with Crippen LogP contribution in [0.1, 0.15) is 29.4 Å². The van der Waals surface area contributed by atoms with Gasteiger partial charge in [-0.2, -0.15) is 10.2 Å². The zero-order valence-corrected chi connectivity index (χ0v) is 13.2. The summed E-state index contributed by atoms with van der Waals surface area (Å²) in [5.74, 6) is -0.223. The predicted molar refractivity (Wildman–Crippen MR) is 85.4 cm³/mol. The summed E-state index contributed by atoms with van der Waals surface area (Å²) in [5.41, 5.74) is 1.07. The van der Waals surface area contributed by atoms with E-state index in [1.165, 1.54) is 0 Å². The van der Waals surface area contributed by atoms with Crippen molar-refractivity contribution < 1.29 is 9.53 Å². The summed E-state index contributed by atoms with van der Waals surface area (Å²) in [7, 11) is 1.64. The fraction of sp³-hybridized carbons (Fsp3) is 0.533. The number of rotatable bonds is 6. The smallest absolute Gasteiger partial charge is 0.276 e. The Hall–Kier alpha value is -2.19. The van der Waals surface area contributed by atoms with Crippen LogP contribution in [0.25, 0.3) is 0 Å². The van der Waals surface area contributed by atoms with Crippen LogP contribution in [0.5, 0.6) is 0 Å². The average molecular weight is 318 g/mol. The van der Waals surface area contributed by atoms with Crippen LogP contribution in [0.2, 0.25) is 0 Å². The van der Waals surface area contributed by atoms with Gasteiger partial charge in [0.25, 0.3) is 5.91 Å². The molecule has 124 valence electrons. The minimum Gasteiger partial charge on any atom is -0.383 e. The molecule has 0 bridgehead atoms. The molecule has 0 aromatic carbocycles. The first kappa shape index (κ1) is 15.7. The Morgan fingerprint density at radius 2 is 2.48 bits per heavy atom. The molecule has 0 aliphatic carbocycles. The van der Waals surface area contributed by atoms with E-state index in [9.17, 15) is 4.79 Å². The number of ether oxygens (including phenoxy) is 1. The molecule has 1 fully saturated rings. The molecule has 3 heterocycles. The molecule has 8 heteroatoms.